The van der Waals surface area contributed by atoms with Crippen LogP contribution in [0, 0.1) is 22.7 Å². The topological polar surface area (TPSA) is 62.9 Å². The van der Waals surface area contributed by atoms with Crippen LogP contribution in [-0.2, 0) is 0 Å². The van der Waals surface area contributed by atoms with E-state index in [-0.39, 0.29) is 6.04 Å². The molecule has 88 valence electrons. The molecule has 0 fully saturated rings. The minimum atomic E-state index is -0.358. The highest BCUT2D eigenvalue weighted by Crippen LogP contribution is 2.13. The third kappa shape index (κ3) is 4.24. The molecule has 0 spiro atoms. The van der Waals surface area contributed by atoms with Crippen LogP contribution in [0.4, 0.5) is 0 Å². The van der Waals surface area contributed by atoms with Gasteiger partial charge in [0.2, 0.25) is 0 Å². The average molecular weight is 228 g/mol. The van der Waals surface area contributed by atoms with E-state index in [0.717, 1.165) is 18.7 Å². The molecule has 0 aliphatic carbocycles. The number of nitrogens with one attached hydrogen (secondary N) is 1. The molecule has 1 rings (SSSR count). The normalized spacial score (nSPS) is 11.8. The van der Waals surface area contributed by atoms with Gasteiger partial charge in [0.05, 0.1) is 17.7 Å². The molecule has 4 heteroatoms. The Morgan fingerprint density at radius 1 is 1.35 bits per heavy atom. The predicted octanol–water partition coefficient (Wildman–Crippen LogP) is 1.27. The van der Waals surface area contributed by atoms with E-state index in [2.05, 4.69) is 17.5 Å². The molecule has 0 saturated carbocycles. The Morgan fingerprint density at radius 2 is 2.12 bits per heavy atom. The molecule has 0 radical (unpaired) electrons. The van der Waals surface area contributed by atoms with Crippen LogP contribution in [0.1, 0.15) is 17.2 Å². The second kappa shape index (κ2) is 6.65. The lowest BCUT2D eigenvalue weighted by atomic mass is 10.1. The molecule has 0 aliphatic rings. The number of hydrogen-bond donors (Lipinski definition) is 1. The Bertz CT molecular complexity index is 439. The Balaban J connectivity index is 2.67. The summed E-state index contributed by atoms with van der Waals surface area (Å²) >= 11 is 0. The highest BCUT2D eigenvalue weighted by Gasteiger charge is 2.09. The van der Waals surface area contributed by atoms with Crippen molar-refractivity contribution in [2.75, 3.05) is 27.2 Å². The van der Waals surface area contributed by atoms with Crippen molar-refractivity contribution < 1.29 is 0 Å². The zero-order valence-corrected chi connectivity index (χ0v) is 10.1. The Morgan fingerprint density at radius 3 is 2.71 bits per heavy atom. The second-order valence-corrected chi connectivity index (χ2v) is 4.06. The van der Waals surface area contributed by atoms with Gasteiger partial charge in [0.25, 0.3) is 0 Å². The van der Waals surface area contributed by atoms with Gasteiger partial charge in [0.1, 0.15) is 6.04 Å². The standard InChI is InChI=1S/C13H16N4/c1-17(2)7-6-16-13(10-15)12-5-3-4-11(8-12)9-14/h3-5,8,13,16H,6-7H2,1-2H3. The third-order valence-electron chi connectivity index (χ3n) is 2.39. The molecule has 1 aromatic carbocycles. The summed E-state index contributed by atoms with van der Waals surface area (Å²) in [6.45, 7) is 1.61. The maximum absolute atomic E-state index is 9.10. The fourth-order valence-electron chi connectivity index (χ4n) is 1.46. The third-order valence-corrected chi connectivity index (χ3v) is 2.39. The summed E-state index contributed by atoms with van der Waals surface area (Å²) in [4.78, 5) is 2.05. The molecule has 0 heterocycles. The minimum absolute atomic E-state index is 0.358. The number of nitriles is 2. The van der Waals surface area contributed by atoms with Crippen LogP contribution in [-0.4, -0.2) is 32.1 Å². The first kappa shape index (κ1) is 13.2. The van der Waals surface area contributed by atoms with Gasteiger partial charge in [-0.25, -0.2) is 0 Å². The summed E-state index contributed by atoms with van der Waals surface area (Å²) in [6.07, 6.45) is 0. The highest BCUT2D eigenvalue weighted by molar-refractivity contribution is 5.35. The van der Waals surface area contributed by atoms with E-state index in [0.29, 0.717) is 5.56 Å². The fraction of sp³-hybridized carbons (Fsp3) is 0.385. The molecule has 0 aromatic heterocycles. The van der Waals surface area contributed by atoms with Gasteiger partial charge in [-0.1, -0.05) is 12.1 Å². The average Bonchev–Trinajstić information content (AvgIpc) is 2.34. The van der Waals surface area contributed by atoms with Crippen LogP contribution in [0.25, 0.3) is 0 Å². The molecule has 1 aromatic rings. The monoisotopic (exact) mass is 228 g/mol. The first-order valence-corrected chi connectivity index (χ1v) is 5.45. The van der Waals surface area contributed by atoms with E-state index in [4.69, 9.17) is 10.5 Å². The summed E-state index contributed by atoms with van der Waals surface area (Å²) in [5.41, 5.74) is 1.42. The maximum atomic E-state index is 9.10. The van der Waals surface area contributed by atoms with Crippen molar-refractivity contribution in [1.29, 1.82) is 10.5 Å². The smallest absolute Gasteiger partial charge is 0.121 e. The molecular formula is C13H16N4. The molecule has 4 nitrogen and oxygen atoms in total. The van der Waals surface area contributed by atoms with Crippen LogP contribution in [0.15, 0.2) is 24.3 Å². The zero-order valence-electron chi connectivity index (χ0n) is 10.1. The van der Waals surface area contributed by atoms with Crippen molar-refractivity contribution in [1.82, 2.24) is 10.2 Å². The van der Waals surface area contributed by atoms with E-state index in [9.17, 15) is 0 Å². The molecule has 0 bridgehead atoms. The summed E-state index contributed by atoms with van der Waals surface area (Å²) in [6, 6.07) is 11.1. The predicted molar refractivity (Wildman–Crippen MR) is 66.1 cm³/mol. The van der Waals surface area contributed by atoms with Gasteiger partial charge in [0.15, 0.2) is 0 Å². The van der Waals surface area contributed by atoms with Crippen LogP contribution >= 0.6 is 0 Å². The van der Waals surface area contributed by atoms with Crippen molar-refractivity contribution in [2.45, 2.75) is 6.04 Å². The Labute approximate surface area is 102 Å². The van der Waals surface area contributed by atoms with Crippen LogP contribution in [0.5, 0.6) is 0 Å². The maximum Gasteiger partial charge on any atom is 0.121 e. The Hall–Kier alpha value is -1.88. The molecule has 1 N–H and O–H groups in total. The summed E-state index contributed by atoms with van der Waals surface area (Å²) in [5.74, 6) is 0. The van der Waals surface area contributed by atoms with Crippen molar-refractivity contribution in [3.05, 3.63) is 35.4 Å². The first-order chi connectivity index (χ1) is 8.17. The first-order valence-electron chi connectivity index (χ1n) is 5.45. The molecule has 0 amide bonds. The zero-order chi connectivity index (χ0) is 12.7. The van der Waals surface area contributed by atoms with Gasteiger partial charge < -0.3 is 4.90 Å². The highest BCUT2D eigenvalue weighted by atomic mass is 15.1. The van der Waals surface area contributed by atoms with Crippen LogP contribution in [0.3, 0.4) is 0 Å². The van der Waals surface area contributed by atoms with E-state index in [1.165, 1.54) is 0 Å². The molecule has 0 saturated heterocycles. The second-order valence-electron chi connectivity index (χ2n) is 4.06. The van der Waals surface area contributed by atoms with E-state index >= 15 is 0 Å². The molecular weight excluding hydrogens is 212 g/mol. The van der Waals surface area contributed by atoms with E-state index in [1.807, 2.05) is 25.1 Å². The van der Waals surface area contributed by atoms with E-state index in [1.54, 1.807) is 18.2 Å². The lowest BCUT2D eigenvalue weighted by Gasteiger charge is -2.14. The lowest BCUT2D eigenvalue weighted by Crippen LogP contribution is -2.29. The summed E-state index contributed by atoms with van der Waals surface area (Å²) < 4.78 is 0. The summed E-state index contributed by atoms with van der Waals surface area (Å²) in [7, 11) is 3.97. The fourth-order valence-corrected chi connectivity index (χ4v) is 1.46. The molecule has 17 heavy (non-hydrogen) atoms. The van der Waals surface area contributed by atoms with Crippen molar-refractivity contribution in [3.63, 3.8) is 0 Å². The largest absolute Gasteiger partial charge is 0.308 e. The number of benzene rings is 1. The Kier molecular flexibility index (Phi) is 5.16. The van der Waals surface area contributed by atoms with Gasteiger partial charge in [-0.3, -0.25) is 5.32 Å². The van der Waals surface area contributed by atoms with Crippen LogP contribution < -0.4 is 5.32 Å². The van der Waals surface area contributed by atoms with Crippen molar-refractivity contribution >= 4 is 0 Å². The quantitative estimate of drug-likeness (QED) is 0.824. The number of rotatable bonds is 5. The van der Waals surface area contributed by atoms with E-state index < -0.39 is 0 Å². The van der Waals surface area contributed by atoms with Crippen molar-refractivity contribution in [3.8, 4) is 12.1 Å². The van der Waals surface area contributed by atoms with Gasteiger partial charge in [0, 0.05) is 13.1 Å². The number of nitrogens with zero attached hydrogens (tertiary/aromatic N) is 3. The van der Waals surface area contributed by atoms with Gasteiger partial charge >= 0.3 is 0 Å². The van der Waals surface area contributed by atoms with Gasteiger partial charge in [-0.15, -0.1) is 0 Å². The number of hydrogen-bond acceptors (Lipinski definition) is 4. The van der Waals surface area contributed by atoms with Crippen LogP contribution in [0.2, 0.25) is 0 Å². The van der Waals surface area contributed by atoms with Gasteiger partial charge in [-0.05, 0) is 31.8 Å². The molecule has 1 unspecified atom stereocenters. The lowest BCUT2D eigenvalue weighted by molar-refractivity contribution is 0.395. The molecule has 1 atom stereocenters. The van der Waals surface area contributed by atoms with Gasteiger partial charge in [-0.2, -0.15) is 10.5 Å². The summed E-state index contributed by atoms with van der Waals surface area (Å²) in [5, 5.41) is 21.1. The van der Waals surface area contributed by atoms with Crippen molar-refractivity contribution in [2.24, 2.45) is 0 Å². The molecule has 0 aliphatic heterocycles. The number of likely N-dealkylation sites (N-methyl/N-ethyl adjacent to an activating group) is 1. The SMILES string of the molecule is CN(C)CCNC(C#N)c1cccc(C#N)c1. The minimum Gasteiger partial charge on any atom is -0.308 e.